The van der Waals surface area contributed by atoms with Crippen LogP contribution in [0, 0.1) is 0 Å². The van der Waals surface area contributed by atoms with Crippen molar-refractivity contribution in [3.8, 4) is 0 Å². The fraction of sp³-hybridized carbons (Fsp3) is 0.211. The third kappa shape index (κ3) is 4.51. The Bertz CT molecular complexity index is 1140. The smallest absolute Gasteiger partial charge is 0.327 e. The van der Waals surface area contributed by atoms with Crippen LogP contribution in [0.1, 0.15) is 15.0 Å². The summed E-state index contributed by atoms with van der Waals surface area (Å²) in [5.41, 5.74) is 6.21. The van der Waals surface area contributed by atoms with Crippen molar-refractivity contribution in [3.05, 3.63) is 74.9 Å². The first-order valence-corrected chi connectivity index (χ1v) is 10.5. The molecule has 0 saturated heterocycles. The maximum absolute atomic E-state index is 12.7. The van der Waals surface area contributed by atoms with E-state index in [1.54, 1.807) is 0 Å². The number of hydrogen-bond acceptors (Lipinski definition) is 6. The van der Waals surface area contributed by atoms with Crippen LogP contribution in [0.5, 0.6) is 0 Å². The van der Waals surface area contributed by atoms with Gasteiger partial charge in [-0.2, -0.15) is 5.10 Å². The number of amides is 1. The van der Waals surface area contributed by atoms with Crippen molar-refractivity contribution < 1.29 is 9.18 Å². The molecule has 0 spiro atoms. The molecule has 0 bridgehead atoms. The number of halogens is 2. The zero-order valence-electron chi connectivity index (χ0n) is 15.7. The number of nitrogens with two attached hydrogens (primary N) is 1. The Morgan fingerprint density at radius 2 is 2.07 bits per heavy atom. The Morgan fingerprint density at radius 1 is 1.27 bits per heavy atom. The lowest BCUT2D eigenvalue weighted by Gasteiger charge is -2.23. The summed E-state index contributed by atoms with van der Waals surface area (Å²) >= 11 is 3.00. The van der Waals surface area contributed by atoms with Crippen LogP contribution in [0.4, 0.5) is 10.1 Å². The molecule has 7 nitrogen and oxygen atoms in total. The van der Waals surface area contributed by atoms with Crippen LogP contribution in [0.25, 0.3) is 0 Å². The zero-order valence-corrected chi connectivity index (χ0v) is 18.1. The molecule has 0 aliphatic carbocycles. The van der Waals surface area contributed by atoms with Gasteiger partial charge in [-0.05, 0) is 29.8 Å². The number of thiophene rings is 1. The highest BCUT2D eigenvalue weighted by molar-refractivity contribution is 8.00. The van der Waals surface area contributed by atoms with Gasteiger partial charge < -0.3 is 11.1 Å². The predicted molar refractivity (Wildman–Crippen MR) is 119 cm³/mol. The van der Waals surface area contributed by atoms with E-state index in [0.29, 0.717) is 12.9 Å². The fourth-order valence-corrected chi connectivity index (χ4v) is 5.25. The van der Waals surface area contributed by atoms with E-state index >= 15 is 0 Å². The molecule has 0 radical (unpaired) electrons. The van der Waals surface area contributed by atoms with Crippen molar-refractivity contribution in [3.63, 3.8) is 0 Å². The Hall–Kier alpha value is -2.40. The van der Waals surface area contributed by atoms with Crippen molar-refractivity contribution in [2.75, 3.05) is 11.9 Å². The maximum Gasteiger partial charge on any atom is 0.346 e. The molecule has 1 amide bonds. The molecule has 3 heterocycles. The fourth-order valence-electron chi connectivity index (χ4n) is 2.95. The minimum Gasteiger partial charge on any atom is -0.327 e. The molecule has 3 N–H and O–H groups in total. The van der Waals surface area contributed by atoms with Gasteiger partial charge in [0.1, 0.15) is 11.6 Å². The minimum atomic E-state index is -0.341. The highest BCUT2D eigenvalue weighted by Crippen LogP contribution is 2.45. The van der Waals surface area contributed by atoms with Crippen molar-refractivity contribution in [2.24, 2.45) is 5.73 Å². The second kappa shape index (κ2) is 9.61. The van der Waals surface area contributed by atoms with Crippen LogP contribution in [0.3, 0.4) is 0 Å². The third-order valence-electron chi connectivity index (χ3n) is 4.46. The molecule has 30 heavy (non-hydrogen) atoms. The molecule has 158 valence electrons. The van der Waals surface area contributed by atoms with Crippen LogP contribution in [0.2, 0.25) is 0 Å². The molecule has 0 saturated carbocycles. The molecule has 1 unspecified atom stereocenters. The molecule has 1 aromatic carbocycles. The van der Waals surface area contributed by atoms with Crippen LogP contribution < -0.4 is 16.7 Å². The minimum absolute atomic E-state index is 0. The van der Waals surface area contributed by atoms with Crippen LogP contribution in [-0.2, 0) is 17.9 Å². The van der Waals surface area contributed by atoms with E-state index in [0.717, 1.165) is 20.3 Å². The number of para-hydroxylation sites is 1. The molecule has 1 aliphatic rings. The average molecular weight is 468 g/mol. The molecule has 3 aromatic rings. The second-order valence-electron chi connectivity index (χ2n) is 6.46. The first-order valence-electron chi connectivity index (χ1n) is 8.84. The van der Waals surface area contributed by atoms with Gasteiger partial charge in [0, 0.05) is 21.2 Å². The van der Waals surface area contributed by atoms with Gasteiger partial charge in [-0.15, -0.1) is 35.5 Å². The van der Waals surface area contributed by atoms with Crippen LogP contribution >= 0.6 is 35.5 Å². The summed E-state index contributed by atoms with van der Waals surface area (Å²) in [5.74, 6) is -0.0561. The van der Waals surface area contributed by atoms with E-state index in [4.69, 9.17) is 5.73 Å². The predicted octanol–water partition coefficient (Wildman–Crippen LogP) is 3.17. The van der Waals surface area contributed by atoms with Gasteiger partial charge in [-0.3, -0.25) is 9.36 Å². The van der Waals surface area contributed by atoms with Gasteiger partial charge in [-0.25, -0.2) is 13.9 Å². The Kier molecular flexibility index (Phi) is 7.14. The molecule has 2 aromatic heterocycles. The van der Waals surface area contributed by atoms with E-state index in [1.807, 2.05) is 36.4 Å². The summed E-state index contributed by atoms with van der Waals surface area (Å²) in [4.78, 5) is 27.8. The number of benzene rings is 1. The number of nitrogens with zero attached hydrogens (tertiary/aromatic N) is 3. The Labute approximate surface area is 186 Å². The zero-order chi connectivity index (χ0) is 20.4. The molecule has 11 heteroatoms. The summed E-state index contributed by atoms with van der Waals surface area (Å²) in [6, 6.07) is 11.5. The van der Waals surface area contributed by atoms with Crippen molar-refractivity contribution in [2.45, 2.75) is 23.2 Å². The highest BCUT2D eigenvalue weighted by atomic mass is 35.5. The van der Waals surface area contributed by atoms with E-state index in [9.17, 15) is 14.0 Å². The second-order valence-corrected chi connectivity index (χ2v) is 8.80. The lowest BCUT2D eigenvalue weighted by Crippen LogP contribution is -2.26. The van der Waals surface area contributed by atoms with Crippen molar-refractivity contribution in [1.82, 2.24) is 14.3 Å². The number of nitrogens with one attached hydrogen (secondary N) is 1. The third-order valence-corrected chi connectivity index (χ3v) is 7.06. The number of anilines is 1. The number of carbonyl (C=O) groups excluding carboxylic acids is 1. The van der Waals surface area contributed by atoms with Gasteiger partial charge >= 0.3 is 5.69 Å². The normalized spacial score (nSPS) is 16.0. The first kappa shape index (κ1) is 22.3. The summed E-state index contributed by atoms with van der Waals surface area (Å²) in [5, 5.41) is 6.63. The van der Waals surface area contributed by atoms with Crippen LogP contribution in [0.15, 0.2) is 64.3 Å². The number of aromatic nitrogens is 3. The topological polar surface area (TPSA) is 94.9 Å². The summed E-state index contributed by atoms with van der Waals surface area (Å²) in [6.07, 6.45) is 1.83. The molecule has 4 rings (SSSR count). The Morgan fingerprint density at radius 3 is 2.83 bits per heavy atom. The van der Waals surface area contributed by atoms with E-state index in [1.165, 1.54) is 38.7 Å². The Balaban J connectivity index is 0.00000256. The van der Waals surface area contributed by atoms with Crippen molar-refractivity contribution in [1.29, 1.82) is 0 Å². The van der Waals surface area contributed by atoms with E-state index in [-0.39, 0.29) is 47.9 Å². The number of thioether (sulfide) groups is 1. The molecular weight excluding hydrogens is 449 g/mol. The van der Waals surface area contributed by atoms with Crippen molar-refractivity contribution >= 4 is 47.1 Å². The van der Waals surface area contributed by atoms with E-state index < -0.39 is 0 Å². The van der Waals surface area contributed by atoms with Gasteiger partial charge in [-0.1, -0.05) is 12.1 Å². The van der Waals surface area contributed by atoms with Gasteiger partial charge in [0.2, 0.25) is 5.91 Å². The summed E-state index contributed by atoms with van der Waals surface area (Å²) in [7, 11) is 0. The van der Waals surface area contributed by atoms with Crippen LogP contribution in [-0.4, -0.2) is 26.8 Å². The lowest BCUT2D eigenvalue weighted by atomic mass is 10.2. The number of carbonyl (C=O) groups is 1. The lowest BCUT2D eigenvalue weighted by molar-refractivity contribution is -0.115. The first-order chi connectivity index (χ1) is 14.1. The molecule has 1 atom stereocenters. The average Bonchev–Trinajstić information content (AvgIpc) is 3.33. The number of rotatable bonds is 6. The number of fused-ring (bicyclic) bond motifs is 1. The number of hydrogen-bond donors (Lipinski definition) is 2. The molecular formula is C19H19ClFN5O2S2. The van der Waals surface area contributed by atoms with E-state index in [2.05, 4.69) is 10.4 Å². The maximum atomic E-state index is 12.7. The SMILES string of the molecule is Cl.NC/C(=C\F)Cn1ncn(Cc2ccc(C3Sc4ccccc4NC3=O)s2)c1=O. The monoisotopic (exact) mass is 467 g/mol. The molecule has 1 aliphatic heterocycles. The van der Waals surface area contributed by atoms with Gasteiger partial charge in [0.15, 0.2) is 0 Å². The van der Waals surface area contributed by atoms with Gasteiger partial charge in [0.25, 0.3) is 0 Å². The van der Waals surface area contributed by atoms with Gasteiger partial charge in [0.05, 0.1) is 25.1 Å². The highest BCUT2D eigenvalue weighted by Gasteiger charge is 2.29. The summed E-state index contributed by atoms with van der Waals surface area (Å²) in [6.45, 7) is 0.373. The summed E-state index contributed by atoms with van der Waals surface area (Å²) < 4.78 is 15.3. The quantitative estimate of drug-likeness (QED) is 0.580. The molecule has 0 fully saturated rings. The standard InChI is InChI=1S/C19H18FN5O2S2.ClH/c20-7-12(8-21)9-25-19(27)24(11-22-25)10-13-5-6-16(28-13)17-18(26)23-14-3-1-2-4-15(14)29-17;/h1-7,11,17H,8-10,21H2,(H,23,26);1H/b12-7+;. The largest absolute Gasteiger partial charge is 0.346 e.